The smallest absolute Gasteiger partial charge is 0.0433 e. The summed E-state index contributed by atoms with van der Waals surface area (Å²) in [5.74, 6) is 1.48. The lowest BCUT2D eigenvalue weighted by Gasteiger charge is -2.08. The van der Waals surface area contributed by atoms with Gasteiger partial charge in [0.1, 0.15) is 0 Å². The lowest BCUT2D eigenvalue weighted by Crippen LogP contribution is -1.97. The van der Waals surface area contributed by atoms with Crippen LogP contribution in [0.25, 0.3) is 0 Å². The summed E-state index contributed by atoms with van der Waals surface area (Å²) in [5, 5.41) is 8.66. The van der Waals surface area contributed by atoms with Crippen LogP contribution >= 0.6 is 11.6 Å². The van der Waals surface area contributed by atoms with Crippen LogP contribution in [-0.2, 0) is 0 Å². The second kappa shape index (κ2) is 9.34. The zero-order valence-electron chi connectivity index (χ0n) is 8.06. The van der Waals surface area contributed by atoms with Crippen LogP contribution in [0.2, 0.25) is 0 Å². The van der Waals surface area contributed by atoms with Gasteiger partial charge in [0.25, 0.3) is 0 Å². The fourth-order valence-corrected chi connectivity index (χ4v) is 1.49. The van der Waals surface area contributed by atoms with E-state index in [0.717, 1.165) is 18.7 Å². The Bertz CT molecular complexity index is 85.9. The summed E-state index contributed by atoms with van der Waals surface area (Å²) in [6, 6.07) is 0. The standard InChI is InChI=1S/C10H21ClO/c1-10(7-9-12)6-4-2-3-5-8-11/h10,12H,2-9H2,1H3. The number of aliphatic hydroxyl groups excluding tert-OH is 1. The van der Waals surface area contributed by atoms with E-state index in [1.807, 2.05) is 0 Å². The maximum absolute atomic E-state index is 8.66. The van der Waals surface area contributed by atoms with Crippen molar-refractivity contribution in [2.24, 2.45) is 5.92 Å². The molecule has 0 aliphatic rings. The second-order valence-corrected chi connectivity index (χ2v) is 3.89. The molecule has 0 radical (unpaired) electrons. The highest BCUT2D eigenvalue weighted by Gasteiger charge is 1.99. The van der Waals surface area contributed by atoms with Gasteiger partial charge in [0.05, 0.1) is 0 Å². The Hall–Kier alpha value is 0.250. The summed E-state index contributed by atoms with van der Waals surface area (Å²) < 4.78 is 0. The molecule has 2 heteroatoms. The lowest BCUT2D eigenvalue weighted by atomic mass is 10.00. The summed E-state index contributed by atoms with van der Waals surface area (Å²) >= 11 is 5.56. The molecule has 0 bridgehead atoms. The first-order valence-corrected chi connectivity index (χ1v) is 5.51. The van der Waals surface area contributed by atoms with Gasteiger partial charge in [0, 0.05) is 12.5 Å². The first-order valence-electron chi connectivity index (χ1n) is 4.98. The molecule has 0 aromatic heterocycles. The average Bonchev–Trinajstić information content (AvgIpc) is 2.05. The number of unbranched alkanes of at least 4 members (excludes halogenated alkanes) is 3. The van der Waals surface area contributed by atoms with Crippen LogP contribution in [0.3, 0.4) is 0 Å². The minimum Gasteiger partial charge on any atom is -0.396 e. The molecule has 1 nitrogen and oxygen atoms in total. The fraction of sp³-hybridized carbons (Fsp3) is 1.00. The molecule has 0 fully saturated rings. The highest BCUT2D eigenvalue weighted by atomic mass is 35.5. The third kappa shape index (κ3) is 8.35. The molecule has 0 saturated heterocycles. The van der Waals surface area contributed by atoms with E-state index in [2.05, 4.69) is 6.92 Å². The van der Waals surface area contributed by atoms with Crippen LogP contribution in [0.1, 0.15) is 45.4 Å². The van der Waals surface area contributed by atoms with Crippen LogP contribution in [0.15, 0.2) is 0 Å². The maximum atomic E-state index is 8.66. The molecule has 12 heavy (non-hydrogen) atoms. The van der Waals surface area contributed by atoms with E-state index in [1.54, 1.807) is 0 Å². The van der Waals surface area contributed by atoms with Crippen LogP contribution in [0.5, 0.6) is 0 Å². The van der Waals surface area contributed by atoms with Gasteiger partial charge in [0.15, 0.2) is 0 Å². The van der Waals surface area contributed by atoms with Crippen molar-refractivity contribution < 1.29 is 5.11 Å². The minimum absolute atomic E-state index is 0.336. The topological polar surface area (TPSA) is 20.2 Å². The van der Waals surface area contributed by atoms with Gasteiger partial charge in [-0.25, -0.2) is 0 Å². The highest BCUT2D eigenvalue weighted by Crippen LogP contribution is 2.13. The average molecular weight is 193 g/mol. The Morgan fingerprint density at radius 2 is 1.75 bits per heavy atom. The molecule has 0 saturated carbocycles. The van der Waals surface area contributed by atoms with Gasteiger partial charge in [-0.2, -0.15) is 0 Å². The van der Waals surface area contributed by atoms with Crippen molar-refractivity contribution in [3.63, 3.8) is 0 Å². The zero-order chi connectivity index (χ0) is 9.23. The number of aliphatic hydroxyl groups is 1. The van der Waals surface area contributed by atoms with E-state index in [0.29, 0.717) is 12.5 Å². The Labute approximate surface area is 81.1 Å². The van der Waals surface area contributed by atoms with Crippen molar-refractivity contribution in [3.05, 3.63) is 0 Å². The van der Waals surface area contributed by atoms with E-state index < -0.39 is 0 Å². The molecule has 1 atom stereocenters. The molecule has 0 aliphatic heterocycles. The molecule has 0 aromatic carbocycles. The maximum Gasteiger partial charge on any atom is 0.0433 e. The summed E-state index contributed by atoms with van der Waals surface area (Å²) in [4.78, 5) is 0. The summed E-state index contributed by atoms with van der Waals surface area (Å²) in [7, 11) is 0. The van der Waals surface area contributed by atoms with Gasteiger partial charge < -0.3 is 5.11 Å². The molecular weight excluding hydrogens is 172 g/mol. The van der Waals surface area contributed by atoms with Gasteiger partial charge in [-0.1, -0.05) is 32.6 Å². The number of rotatable bonds is 8. The van der Waals surface area contributed by atoms with Gasteiger partial charge in [-0.05, 0) is 18.8 Å². The van der Waals surface area contributed by atoms with E-state index in [1.165, 1.54) is 25.7 Å². The molecule has 0 aromatic rings. The predicted octanol–water partition coefficient (Wildman–Crippen LogP) is 3.19. The Morgan fingerprint density at radius 1 is 1.08 bits per heavy atom. The summed E-state index contributed by atoms with van der Waals surface area (Å²) in [6.45, 7) is 2.54. The van der Waals surface area contributed by atoms with Crippen molar-refractivity contribution in [1.29, 1.82) is 0 Å². The SMILES string of the molecule is CC(CCO)CCCCCCCl. The Morgan fingerprint density at radius 3 is 2.33 bits per heavy atom. The predicted molar refractivity (Wildman–Crippen MR) is 54.7 cm³/mol. The minimum atomic E-state index is 0.336. The van der Waals surface area contributed by atoms with Gasteiger partial charge >= 0.3 is 0 Å². The second-order valence-electron chi connectivity index (χ2n) is 3.51. The van der Waals surface area contributed by atoms with Crippen molar-refractivity contribution >= 4 is 11.6 Å². The zero-order valence-corrected chi connectivity index (χ0v) is 8.82. The molecule has 0 heterocycles. The molecule has 0 aliphatic carbocycles. The lowest BCUT2D eigenvalue weighted by molar-refractivity contribution is 0.256. The van der Waals surface area contributed by atoms with E-state index >= 15 is 0 Å². The first-order chi connectivity index (χ1) is 5.81. The highest BCUT2D eigenvalue weighted by molar-refractivity contribution is 6.17. The van der Waals surface area contributed by atoms with Crippen molar-refractivity contribution in [3.8, 4) is 0 Å². The van der Waals surface area contributed by atoms with Gasteiger partial charge in [-0.3, -0.25) is 0 Å². The quantitative estimate of drug-likeness (QED) is 0.463. The summed E-state index contributed by atoms with van der Waals surface area (Å²) in [5.41, 5.74) is 0. The van der Waals surface area contributed by atoms with E-state index in [9.17, 15) is 0 Å². The monoisotopic (exact) mass is 192 g/mol. The molecule has 0 rings (SSSR count). The molecular formula is C10H21ClO. The Kier molecular flexibility index (Phi) is 9.53. The number of hydrogen-bond acceptors (Lipinski definition) is 1. The van der Waals surface area contributed by atoms with Crippen molar-refractivity contribution in [2.45, 2.75) is 45.4 Å². The van der Waals surface area contributed by atoms with Crippen molar-refractivity contribution in [2.75, 3.05) is 12.5 Å². The molecule has 1 N–H and O–H groups in total. The number of hydrogen-bond donors (Lipinski definition) is 1. The fourth-order valence-electron chi connectivity index (χ4n) is 1.31. The van der Waals surface area contributed by atoms with Crippen LogP contribution in [-0.4, -0.2) is 17.6 Å². The van der Waals surface area contributed by atoms with Gasteiger partial charge in [-0.15, -0.1) is 11.6 Å². The number of halogens is 1. The molecule has 0 spiro atoms. The van der Waals surface area contributed by atoms with E-state index in [-0.39, 0.29) is 0 Å². The van der Waals surface area contributed by atoms with E-state index in [4.69, 9.17) is 16.7 Å². The third-order valence-electron chi connectivity index (χ3n) is 2.20. The Balaban J connectivity index is 2.97. The van der Waals surface area contributed by atoms with Gasteiger partial charge in [0.2, 0.25) is 0 Å². The van der Waals surface area contributed by atoms with Crippen molar-refractivity contribution in [1.82, 2.24) is 0 Å². The van der Waals surface area contributed by atoms with Crippen LogP contribution < -0.4 is 0 Å². The number of alkyl halides is 1. The normalized spacial score (nSPS) is 13.2. The largest absolute Gasteiger partial charge is 0.396 e. The molecule has 1 unspecified atom stereocenters. The third-order valence-corrected chi connectivity index (χ3v) is 2.47. The van der Waals surface area contributed by atoms with Crippen LogP contribution in [0, 0.1) is 5.92 Å². The first kappa shape index (κ1) is 12.2. The summed E-state index contributed by atoms with van der Waals surface area (Å²) in [6.07, 6.45) is 7.20. The van der Waals surface area contributed by atoms with Crippen LogP contribution in [0.4, 0.5) is 0 Å². The molecule has 74 valence electrons. The molecule has 0 amide bonds.